The minimum atomic E-state index is 0.0405. The first kappa shape index (κ1) is 11.3. The molecule has 2 fully saturated rings. The van der Waals surface area contributed by atoms with Crippen molar-refractivity contribution in [1.29, 1.82) is 0 Å². The fourth-order valence-electron chi connectivity index (χ4n) is 2.42. The monoisotopic (exact) mass is 228 g/mol. The quantitative estimate of drug-likeness (QED) is 0.749. The summed E-state index contributed by atoms with van der Waals surface area (Å²) in [5.74, 6) is 2.03. The Morgan fingerprint density at radius 1 is 1.53 bits per heavy atom. The van der Waals surface area contributed by atoms with E-state index in [1.165, 1.54) is 6.42 Å². The minimum absolute atomic E-state index is 0.0405. The Hall–Kier alpha value is -0.220. The predicted octanol–water partition coefficient (Wildman–Crippen LogP) is 1.34. The number of carbonyl (C=O) groups excluding carboxylic acids is 1. The third-order valence-corrected chi connectivity index (χ3v) is 4.29. The summed E-state index contributed by atoms with van der Waals surface area (Å²) in [5.41, 5.74) is 0.413. The number of nitrogens with one attached hydrogen (secondary N) is 2. The molecular formula is C11H20N2OS. The van der Waals surface area contributed by atoms with Crippen molar-refractivity contribution < 1.29 is 4.79 Å². The van der Waals surface area contributed by atoms with Crippen LogP contribution in [0.4, 0.5) is 0 Å². The van der Waals surface area contributed by atoms with Gasteiger partial charge < -0.3 is 5.32 Å². The van der Waals surface area contributed by atoms with Crippen LogP contribution in [0.1, 0.15) is 33.1 Å². The van der Waals surface area contributed by atoms with Crippen LogP contribution in [0.25, 0.3) is 0 Å². The molecule has 0 aromatic heterocycles. The van der Waals surface area contributed by atoms with E-state index in [1.54, 1.807) is 11.8 Å². The van der Waals surface area contributed by atoms with Gasteiger partial charge in [0.2, 0.25) is 5.91 Å². The molecule has 0 aromatic rings. The van der Waals surface area contributed by atoms with Gasteiger partial charge in [-0.25, -0.2) is 0 Å². The summed E-state index contributed by atoms with van der Waals surface area (Å²) >= 11 is 1.80. The van der Waals surface area contributed by atoms with Crippen molar-refractivity contribution in [2.45, 2.75) is 45.2 Å². The van der Waals surface area contributed by atoms with Gasteiger partial charge in [-0.2, -0.15) is 0 Å². The van der Waals surface area contributed by atoms with Crippen LogP contribution in [0.2, 0.25) is 0 Å². The molecule has 1 aliphatic heterocycles. The Labute approximate surface area is 95.8 Å². The molecule has 2 N–H and O–H groups in total. The van der Waals surface area contributed by atoms with Gasteiger partial charge in [-0.3, -0.25) is 10.1 Å². The highest BCUT2D eigenvalue weighted by molar-refractivity contribution is 7.99. The van der Waals surface area contributed by atoms with Crippen molar-refractivity contribution in [3.8, 4) is 0 Å². The standard InChI is InChI=1S/C11H20N2OS/c1-11(2)4-3-8(5-11)13-10(14)9-6-15-7-12-9/h8-9,12H,3-7H2,1-2H3,(H,13,14). The van der Waals surface area contributed by atoms with Gasteiger partial charge in [0.25, 0.3) is 0 Å². The van der Waals surface area contributed by atoms with E-state index in [0.29, 0.717) is 11.5 Å². The summed E-state index contributed by atoms with van der Waals surface area (Å²) in [7, 11) is 0. The molecule has 15 heavy (non-hydrogen) atoms. The Morgan fingerprint density at radius 2 is 2.33 bits per heavy atom. The first-order chi connectivity index (χ1) is 7.07. The molecule has 0 spiro atoms. The second kappa shape index (κ2) is 4.34. The molecule has 1 saturated carbocycles. The number of amides is 1. The van der Waals surface area contributed by atoms with E-state index in [2.05, 4.69) is 24.5 Å². The van der Waals surface area contributed by atoms with Gasteiger partial charge in [0.05, 0.1) is 6.04 Å². The second-order valence-electron chi connectivity index (χ2n) is 5.38. The summed E-state index contributed by atoms with van der Waals surface area (Å²) in [6.45, 7) is 4.56. The molecule has 1 aliphatic carbocycles. The van der Waals surface area contributed by atoms with E-state index >= 15 is 0 Å². The van der Waals surface area contributed by atoms with Crippen LogP contribution in [0.3, 0.4) is 0 Å². The largest absolute Gasteiger partial charge is 0.352 e. The van der Waals surface area contributed by atoms with Crippen molar-refractivity contribution in [3.63, 3.8) is 0 Å². The van der Waals surface area contributed by atoms with Crippen molar-refractivity contribution in [2.75, 3.05) is 11.6 Å². The molecule has 0 radical (unpaired) electrons. The van der Waals surface area contributed by atoms with Crippen molar-refractivity contribution >= 4 is 17.7 Å². The zero-order valence-electron chi connectivity index (χ0n) is 9.51. The van der Waals surface area contributed by atoms with E-state index in [0.717, 1.165) is 24.5 Å². The van der Waals surface area contributed by atoms with Crippen LogP contribution in [-0.2, 0) is 4.79 Å². The molecule has 86 valence electrons. The fourth-order valence-corrected chi connectivity index (χ4v) is 3.37. The summed E-state index contributed by atoms with van der Waals surface area (Å²) in [6.07, 6.45) is 3.49. The maximum atomic E-state index is 11.8. The van der Waals surface area contributed by atoms with Crippen LogP contribution in [-0.4, -0.2) is 29.6 Å². The molecule has 1 amide bonds. The highest BCUT2D eigenvalue weighted by atomic mass is 32.2. The van der Waals surface area contributed by atoms with E-state index in [1.807, 2.05) is 0 Å². The fraction of sp³-hybridized carbons (Fsp3) is 0.909. The zero-order chi connectivity index (χ0) is 10.9. The number of carbonyl (C=O) groups is 1. The average molecular weight is 228 g/mol. The molecule has 1 saturated heterocycles. The Balaban J connectivity index is 1.79. The van der Waals surface area contributed by atoms with Gasteiger partial charge in [0.1, 0.15) is 0 Å². The van der Waals surface area contributed by atoms with Crippen molar-refractivity contribution in [2.24, 2.45) is 5.41 Å². The molecule has 1 heterocycles. The highest BCUT2D eigenvalue weighted by Gasteiger charge is 2.33. The molecule has 3 nitrogen and oxygen atoms in total. The van der Waals surface area contributed by atoms with Crippen LogP contribution < -0.4 is 10.6 Å². The molecule has 0 aromatic carbocycles. The van der Waals surface area contributed by atoms with E-state index in [9.17, 15) is 4.79 Å². The first-order valence-corrected chi connectivity index (χ1v) is 6.84. The molecule has 2 aliphatic rings. The Bertz CT molecular complexity index is 249. The number of hydrogen-bond acceptors (Lipinski definition) is 3. The average Bonchev–Trinajstić information content (AvgIpc) is 2.74. The Morgan fingerprint density at radius 3 is 2.87 bits per heavy atom. The maximum absolute atomic E-state index is 11.8. The third kappa shape index (κ3) is 2.88. The van der Waals surface area contributed by atoms with Crippen LogP contribution >= 0.6 is 11.8 Å². The summed E-state index contributed by atoms with van der Waals surface area (Å²) in [5, 5.41) is 6.36. The summed E-state index contributed by atoms with van der Waals surface area (Å²) < 4.78 is 0. The number of thioether (sulfide) groups is 1. The lowest BCUT2D eigenvalue weighted by Crippen LogP contribution is -2.45. The smallest absolute Gasteiger partial charge is 0.238 e. The van der Waals surface area contributed by atoms with E-state index < -0.39 is 0 Å². The third-order valence-electron chi connectivity index (χ3n) is 3.35. The maximum Gasteiger partial charge on any atom is 0.238 e. The lowest BCUT2D eigenvalue weighted by molar-refractivity contribution is -0.123. The highest BCUT2D eigenvalue weighted by Crippen LogP contribution is 2.36. The SMILES string of the molecule is CC1(C)CCC(NC(=O)C2CSCN2)C1. The lowest BCUT2D eigenvalue weighted by Gasteiger charge is -2.19. The summed E-state index contributed by atoms with van der Waals surface area (Å²) in [6, 6.07) is 0.443. The lowest BCUT2D eigenvalue weighted by atomic mass is 9.92. The summed E-state index contributed by atoms with van der Waals surface area (Å²) in [4.78, 5) is 11.8. The van der Waals surface area contributed by atoms with Gasteiger partial charge in [-0.05, 0) is 24.7 Å². The zero-order valence-corrected chi connectivity index (χ0v) is 10.3. The first-order valence-electron chi connectivity index (χ1n) is 5.68. The molecular weight excluding hydrogens is 208 g/mol. The van der Waals surface area contributed by atoms with Crippen LogP contribution in [0.5, 0.6) is 0 Å². The molecule has 2 unspecified atom stereocenters. The predicted molar refractivity (Wildman–Crippen MR) is 63.8 cm³/mol. The Kier molecular flexibility index (Phi) is 3.26. The number of hydrogen-bond donors (Lipinski definition) is 2. The molecule has 4 heteroatoms. The van der Waals surface area contributed by atoms with Crippen molar-refractivity contribution in [1.82, 2.24) is 10.6 Å². The number of rotatable bonds is 2. The van der Waals surface area contributed by atoms with Crippen LogP contribution in [0.15, 0.2) is 0 Å². The second-order valence-corrected chi connectivity index (χ2v) is 6.41. The topological polar surface area (TPSA) is 41.1 Å². The molecule has 2 rings (SSSR count). The van der Waals surface area contributed by atoms with Gasteiger partial charge in [0.15, 0.2) is 0 Å². The molecule has 0 bridgehead atoms. The van der Waals surface area contributed by atoms with E-state index in [-0.39, 0.29) is 11.9 Å². The van der Waals surface area contributed by atoms with Gasteiger partial charge in [-0.15, -0.1) is 11.8 Å². The van der Waals surface area contributed by atoms with Gasteiger partial charge in [-0.1, -0.05) is 13.8 Å². The normalized spacial score (nSPS) is 34.3. The van der Waals surface area contributed by atoms with E-state index in [4.69, 9.17) is 0 Å². The molecule has 2 atom stereocenters. The van der Waals surface area contributed by atoms with Crippen LogP contribution in [0, 0.1) is 5.41 Å². The minimum Gasteiger partial charge on any atom is -0.352 e. The van der Waals surface area contributed by atoms with Crippen molar-refractivity contribution in [3.05, 3.63) is 0 Å². The van der Waals surface area contributed by atoms with Gasteiger partial charge in [0, 0.05) is 17.7 Å². The van der Waals surface area contributed by atoms with Gasteiger partial charge >= 0.3 is 0 Å².